The second kappa shape index (κ2) is 10.8. The number of nitrogens with zero attached hydrogens (tertiary/aromatic N) is 2. The van der Waals surface area contributed by atoms with E-state index in [2.05, 4.69) is 0 Å². The van der Waals surface area contributed by atoms with Crippen LogP contribution >= 0.6 is 0 Å². The molecule has 0 aliphatic rings. The number of benzene rings is 1. The van der Waals surface area contributed by atoms with E-state index in [1.165, 1.54) is 10.8 Å². The maximum atomic E-state index is 13.2. The second-order valence-electron chi connectivity index (χ2n) is 11.6. The quantitative estimate of drug-likeness (QED) is 0.375. The molecule has 0 radical (unpaired) electrons. The van der Waals surface area contributed by atoms with Crippen molar-refractivity contribution in [2.24, 2.45) is 0 Å². The molecule has 0 fully saturated rings. The first-order valence-electron chi connectivity index (χ1n) is 12.0. The molecule has 10 heteroatoms. The summed E-state index contributed by atoms with van der Waals surface area (Å²) in [5.41, 5.74) is -1.60. The molecule has 10 nitrogen and oxygen atoms in total. The lowest BCUT2D eigenvalue weighted by atomic mass is 10.0. The number of amides is 2. The van der Waals surface area contributed by atoms with E-state index in [4.69, 9.17) is 18.9 Å². The Labute approximate surface area is 217 Å². The van der Waals surface area contributed by atoms with Gasteiger partial charge < -0.3 is 18.9 Å². The number of rotatable bonds is 4. The molecule has 0 aliphatic carbocycles. The van der Waals surface area contributed by atoms with Crippen LogP contribution in [0.1, 0.15) is 67.9 Å². The van der Waals surface area contributed by atoms with Crippen molar-refractivity contribution in [1.82, 2.24) is 9.47 Å². The fourth-order valence-corrected chi connectivity index (χ4v) is 3.45. The van der Waals surface area contributed by atoms with E-state index in [1.54, 1.807) is 86.6 Å². The molecule has 0 aliphatic heterocycles. The smallest absolute Gasteiger partial charge is 0.420 e. The minimum atomic E-state index is -1.44. The van der Waals surface area contributed by atoms with E-state index in [9.17, 15) is 19.2 Å². The summed E-state index contributed by atoms with van der Waals surface area (Å²) >= 11 is 0. The molecule has 0 saturated heterocycles. The number of methoxy groups -OCH3 is 1. The molecule has 0 unspecified atom stereocenters. The van der Waals surface area contributed by atoms with Gasteiger partial charge in [-0.2, -0.15) is 4.90 Å². The zero-order valence-electron chi connectivity index (χ0n) is 23.3. The van der Waals surface area contributed by atoms with E-state index in [0.717, 1.165) is 7.11 Å². The number of imide groups is 1. The van der Waals surface area contributed by atoms with E-state index < -0.39 is 47.1 Å². The Morgan fingerprint density at radius 2 is 1.30 bits per heavy atom. The third-order valence-corrected chi connectivity index (χ3v) is 4.76. The van der Waals surface area contributed by atoms with Crippen molar-refractivity contribution < 1.29 is 38.1 Å². The molecule has 0 bridgehead atoms. The first-order chi connectivity index (χ1) is 16.8. The Morgan fingerprint density at radius 1 is 0.811 bits per heavy atom. The number of carbonyl (C=O) groups is 4. The third kappa shape index (κ3) is 8.23. The number of hydrogen-bond acceptors (Lipinski definition) is 8. The van der Waals surface area contributed by atoms with Crippen molar-refractivity contribution in [3.8, 4) is 0 Å². The number of ether oxygens (including phenoxy) is 4. The fourth-order valence-electron chi connectivity index (χ4n) is 3.45. The third-order valence-electron chi connectivity index (χ3n) is 4.76. The molecule has 204 valence electrons. The van der Waals surface area contributed by atoms with Crippen LogP contribution < -0.4 is 0 Å². The molecule has 0 spiro atoms. The molecule has 2 amide bonds. The van der Waals surface area contributed by atoms with Gasteiger partial charge >= 0.3 is 24.2 Å². The molecule has 1 heterocycles. The molecule has 0 saturated carbocycles. The summed E-state index contributed by atoms with van der Waals surface area (Å²) in [6, 6.07) is 5.60. The van der Waals surface area contributed by atoms with E-state index in [0.29, 0.717) is 21.4 Å². The van der Waals surface area contributed by atoms with Crippen LogP contribution in [0, 0.1) is 0 Å². The SMILES string of the molecule is COC(=O)[C@H](Cc1cn(C(=O)OC(C)(C)C)c2ccccc12)N(C(=O)OC(C)(C)C)C(=O)OC(C)(C)C. The first kappa shape index (κ1) is 29.7. The van der Waals surface area contributed by atoms with Crippen LogP contribution in [0.5, 0.6) is 0 Å². The van der Waals surface area contributed by atoms with Gasteiger partial charge in [0.05, 0.1) is 12.6 Å². The largest absolute Gasteiger partial charge is 0.467 e. The van der Waals surface area contributed by atoms with Crippen molar-refractivity contribution in [2.45, 2.75) is 91.6 Å². The lowest BCUT2D eigenvalue weighted by molar-refractivity contribution is -0.146. The molecule has 1 aromatic heterocycles. The zero-order chi connectivity index (χ0) is 28.3. The Morgan fingerprint density at radius 3 is 1.76 bits per heavy atom. The Hall–Kier alpha value is -3.56. The van der Waals surface area contributed by atoms with Crippen molar-refractivity contribution >= 4 is 35.2 Å². The van der Waals surface area contributed by atoms with Gasteiger partial charge in [0.15, 0.2) is 0 Å². The number of aromatic nitrogens is 1. The monoisotopic (exact) mass is 518 g/mol. The number of para-hydroxylation sites is 1. The van der Waals surface area contributed by atoms with Crippen LogP contribution in [0.25, 0.3) is 10.9 Å². The van der Waals surface area contributed by atoms with Crippen LogP contribution in [0.15, 0.2) is 30.5 Å². The summed E-state index contributed by atoms with van der Waals surface area (Å²) in [5, 5.41) is 0.635. The normalized spacial score (nSPS) is 13.0. The molecular weight excluding hydrogens is 480 g/mol. The summed E-state index contributed by atoms with van der Waals surface area (Å²) in [7, 11) is 1.15. The van der Waals surface area contributed by atoms with Crippen LogP contribution in [0.4, 0.5) is 14.4 Å². The van der Waals surface area contributed by atoms with E-state index >= 15 is 0 Å². The highest BCUT2D eigenvalue weighted by Crippen LogP contribution is 2.27. The molecule has 0 N–H and O–H groups in total. The lowest BCUT2D eigenvalue weighted by Gasteiger charge is -2.32. The second-order valence-corrected chi connectivity index (χ2v) is 11.6. The van der Waals surface area contributed by atoms with Crippen molar-refractivity contribution in [3.05, 3.63) is 36.0 Å². The number of esters is 1. The maximum absolute atomic E-state index is 13.2. The van der Waals surface area contributed by atoms with Crippen LogP contribution in [0.2, 0.25) is 0 Å². The minimum Gasteiger partial charge on any atom is -0.467 e. The maximum Gasteiger partial charge on any atom is 0.420 e. The van der Waals surface area contributed by atoms with Crippen molar-refractivity contribution in [3.63, 3.8) is 0 Å². The Balaban J connectivity index is 2.62. The highest BCUT2D eigenvalue weighted by atomic mass is 16.6. The van der Waals surface area contributed by atoms with Gasteiger partial charge in [-0.1, -0.05) is 18.2 Å². The van der Waals surface area contributed by atoms with Gasteiger partial charge in [0, 0.05) is 18.0 Å². The predicted molar refractivity (Wildman–Crippen MR) is 137 cm³/mol. The average molecular weight is 519 g/mol. The lowest BCUT2D eigenvalue weighted by Crippen LogP contribution is -2.53. The molecule has 2 aromatic rings. The molecule has 1 atom stereocenters. The van der Waals surface area contributed by atoms with Gasteiger partial charge in [0.25, 0.3) is 0 Å². The minimum absolute atomic E-state index is 0.165. The van der Waals surface area contributed by atoms with Crippen molar-refractivity contribution in [1.29, 1.82) is 0 Å². The summed E-state index contributed by atoms with van der Waals surface area (Å²) in [5.74, 6) is -0.856. The standard InChI is InChI=1S/C27H38N2O8/c1-25(2,3)35-22(31)28-16-17(18-13-11-12-14-19(18)28)15-20(21(30)34-10)29(23(32)36-26(4,5)6)24(33)37-27(7,8)9/h11-14,16,20H,15H2,1-10H3/t20-/m0/s1. The number of hydrogen-bond donors (Lipinski definition) is 0. The topological polar surface area (TPSA) is 113 Å². The highest BCUT2D eigenvalue weighted by molar-refractivity contribution is 5.96. The molecular formula is C27H38N2O8. The summed E-state index contributed by atoms with van der Waals surface area (Å²) < 4.78 is 22.7. The van der Waals surface area contributed by atoms with Gasteiger partial charge in [0.1, 0.15) is 22.8 Å². The van der Waals surface area contributed by atoms with Gasteiger partial charge in [-0.3, -0.25) is 4.57 Å². The number of fused-ring (bicyclic) bond motifs is 1. The zero-order valence-corrected chi connectivity index (χ0v) is 23.3. The summed E-state index contributed by atoms with van der Waals surface area (Å²) in [6.45, 7) is 15.1. The highest BCUT2D eigenvalue weighted by Gasteiger charge is 2.41. The van der Waals surface area contributed by atoms with Gasteiger partial charge in [0.2, 0.25) is 0 Å². The predicted octanol–water partition coefficient (Wildman–Crippen LogP) is 5.68. The van der Waals surface area contributed by atoms with Gasteiger partial charge in [-0.05, 0) is 73.9 Å². The van der Waals surface area contributed by atoms with E-state index in [1.807, 2.05) is 0 Å². The van der Waals surface area contributed by atoms with Crippen LogP contribution in [-0.4, -0.2) is 63.7 Å². The Bertz CT molecular complexity index is 1130. The van der Waals surface area contributed by atoms with Gasteiger partial charge in [-0.25, -0.2) is 19.2 Å². The number of carbonyl (C=O) groups excluding carboxylic acids is 4. The van der Waals surface area contributed by atoms with Crippen LogP contribution in [0.3, 0.4) is 0 Å². The summed E-state index contributed by atoms with van der Waals surface area (Å²) in [6.07, 6.45) is -1.37. The van der Waals surface area contributed by atoms with E-state index in [-0.39, 0.29) is 6.42 Å². The molecule has 37 heavy (non-hydrogen) atoms. The summed E-state index contributed by atoms with van der Waals surface area (Å²) in [4.78, 5) is 52.9. The average Bonchev–Trinajstić information content (AvgIpc) is 3.07. The van der Waals surface area contributed by atoms with Gasteiger partial charge in [-0.15, -0.1) is 0 Å². The Kier molecular flexibility index (Phi) is 8.68. The fraction of sp³-hybridized carbons (Fsp3) is 0.556. The molecule has 1 aromatic carbocycles. The first-order valence-corrected chi connectivity index (χ1v) is 12.0. The van der Waals surface area contributed by atoms with Crippen molar-refractivity contribution in [2.75, 3.05) is 7.11 Å². The van der Waals surface area contributed by atoms with Crippen LogP contribution in [-0.2, 0) is 30.2 Å². The molecule has 2 rings (SSSR count).